The van der Waals surface area contributed by atoms with Crippen LogP contribution in [0.2, 0.25) is 0 Å². The number of esters is 1. The van der Waals surface area contributed by atoms with Gasteiger partial charge in [-0.2, -0.15) is 5.10 Å². The highest BCUT2D eigenvalue weighted by Gasteiger charge is 2.27. The summed E-state index contributed by atoms with van der Waals surface area (Å²) >= 11 is 0. The molecule has 2 N–H and O–H groups in total. The molecule has 1 aliphatic heterocycles. The van der Waals surface area contributed by atoms with E-state index in [1.165, 1.54) is 11.0 Å². The van der Waals surface area contributed by atoms with E-state index in [2.05, 4.69) is 5.10 Å². The lowest BCUT2D eigenvalue weighted by molar-refractivity contribution is -0.149. The lowest BCUT2D eigenvalue weighted by atomic mass is 9.97. The summed E-state index contributed by atoms with van der Waals surface area (Å²) in [5.41, 5.74) is 7.19. The zero-order valence-corrected chi connectivity index (χ0v) is 16.1. The van der Waals surface area contributed by atoms with Gasteiger partial charge in [-0.1, -0.05) is 30.3 Å². The van der Waals surface area contributed by atoms with Crippen molar-refractivity contribution in [3.63, 3.8) is 0 Å². The van der Waals surface area contributed by atoms with Crippen molar-refractivity contribution >= 4 is 23.9 Å². The van der Waals surface area contributed by atoms with Crippen LogP contribution >= 0.6 is 0 Å². The van der Waals surface area contributed by atoms with E-state index in [1.54, 1.807) is 17.0 Å². The molecule has 0 aliphatic carbocycles. The second-order valence-corrected chi connectivity index (χ2v) is 6.98. The third kappa shape index (κ3) is 6.03. The van der Waals surface area contributed by atoms with Crippen molar-refractivity contribution in [2.24, 2.45) is 11.7 Å². The van der Waals surface area contributed by atoms with Crippen molar-refractivity contribution in [2.45, 2.75) is 19.4 Å². The fourth-order valence-electron chi connectivity index (χ4n) is 3.20. The molecule has 2 heterocycles. The third-order valence-corrected chi connectivity index (χ3v) is 4.77. The summed E-state index contributed by atoms with van der Waals surface area (Å²) in [7, 11) is 0. The van der Waals surface area contributed by atoms with Crippen molar-refractivity contribution in [3.8, 4) is 0 Å². The number of ether oxygens (including phenoxy) is 1. The van der Waals surface area contributed by atoms with E-state index < -0.39 is 11.9 Å². The van der Waals surface area contributed by atoms with E-state index in [4.69, 9.17) is 10.5 Å². The molecule has 1 fully saturated rings. The molecule has 2 aromatic rings. The maximum absolute atomic E-state index is 12.2. The Bertz CT molecular complexity index is 891. The summed E-state index contributed by atoms with van der Waals surface area (Å²) in [4.78, 5) is 36.9. The van der Waals surface area contributed by atoms with Gasteiger partial charge in [-0.15, -0.1) is 0 Å². The van der Waals surface area contributed by atoms with Crippen LogP contribution in [-0.4, -0.2) is 52.2 Å². The second kappa shape index (κ2) is 9.68. The van der Waals surface area contributed by atoms with Crippen LogP contribution in [0.5, 0.6) is 0 Å². The number of carbonyl (C=O) groups excluding carboxylic acids is 3. The first kappa shape index (κ1) is 20.3. The van der Waals surface area contributed by atoms with Crippen molar-refractivity contribution in [1.29, 1.82) is 0 Å². The van der Waals surface area contributed by atoms with Crippen molar-refractivity contribution in [1.82, 2.24) is 14.7 Å². The molecule has 1 saturated heterocycles. The molecular weight excluding hydrogens is 372 g/mol. The Morgan fingerprint density at radius 1 is 1.24 bits per heavy atom. The highest BCUT2D eigenvalue weighted by Crippen LogP contribution is 2.16. The lowest BCUT2D eigenvalue weighted by Gasteiger charge is -2.30. The molecule has 0 radical (unpaired) electrons. The molecule has 1 atom stereocenters. The quantitative estimate of drug-likeness (QED) is 0.559. The van der Waals surface area contributed by atoms with Gasteiger partial charge in [-0.05, 0) is 24.5 Å². The van der Waals surface area contributed by atoms with Crippen LogP contribution in [0.15, 0.2) is 48.8 Å². The molecule has 0 spiro atoms. The normalized spacial score (nSPS) is 16.7. The Balaban J connectivity index is 1.45. The van der Waals surface area contributed by atoms with Crippen LogP contribution in [0.3, 0.4) is 0 Å². The molecule has 1 aromatic heterocycles. The number of carbonyl (C=O) groups is 3. The van der Waals surface area contributed by atoms with Crippen LogP contribution in [0.25, 0.3) is 6.08 Å². The van der Waals surface area contributed by atoms with E-state index in [-0.39, 0.29) is 25.0 Å². The number of primary amides is 1. The Morgan fingerprint density at radius 2 is 2.03 bits per heavy atom. The molecule has 8 heteroatoms. The van der Waals surface area contributed by atoms with Crippen LogP contribution in [0.1, 0.15) is 24.0 Å². The average molecular weight is 396 g/mol. The largest absolute Gasteiger partial charge is 0.452 e. The zero-order valence-electron chi connectivity index (χ0n) is 16.1. The van der Waals surface area contributed by atoms with Crippen LogP contribution in [-0.2, 0) is 25.7 Å². The molecule has 3 rings (SSSR count). The van der Waals surface area contributed by atoms with Gasteiger partial charge in [-0.25, -0.2) is 4.79 Å². The predicted molar refractivity (Wildman–Crippen MR) is 106 cm³/mol. The number of aromatic nitrogens is 2. The minimum absolute atomic E-state index is 0.280. The van der Waals surface area contributed by atoms with Gasteiger partial charge in [0.25, 0.3) is 5.91 Å². The van der Waals surface area contributed by atoms with E-state index in [0.29, 0.717) is 25.9 Å². The molecule has 8 nitrogen and oxygen atoms in total. The monoisotopic (exact) mass is 396 g/mol. The van der Waals surface area contributed by atoms with E-state index in [1.807, 2.05) is 36.5 Å². The van der Waals surface area contributed by atoms with Crippen molar-refractivity contribution in [3.05, 3.63) is 59.9 Å². The lowest BCUT2D eigenvalue weighted by Crippen LogP contribution is -2.45. The maximum Gasteiger partial charge on any atom is 0.331 e. The number of amides is 2. The Morgan fingerprint density at radius 3 is 2.79 bits per heavy atom. The van der Waals surface area contributed by atoms with Gasteiger partial charge >= 0.3 is 5.97 Å². The topological polar surface area (TPSA) is 108 Å². The number of hydrogen-bond donors (Lipinski definition) is 1. The van der Waals surface area contributed by atoms with Gasteiger partial charge in [0, 0.05) is 30.9 Å². The second-order valence-electron chi connectivity index (χ2n) is 6.98. The first-order chi connectivity index (χ1) is 14.0. The first-order valence-electron chi connectivity index (χ1n) is 9.49. The van der Waals surface area contributed by atoms with Crippen molar-refractivity contribution in [2.75, 3.05) is 19.7 Å². The third-order valence-electron chi connectivity index (χ3n) is 4.77. The molecule has 29 heavy (non-hydrogen) atoms. The average Bonchev–Trinajstić information content (AvgIpc) is 3.18. The predicted octanol–water partition coefficient (Wildman–Crippen LogP) is 1.21. The molecule has 1 aromatic carbocycles. The highest BCUT2D eigenvalue weighted by atomic mass is 16.5. The summed E-state index contributed by atoms with van der Waals surface area (Å²) in [5, 5.41) is 4.26. The number of nitrogens with two attached hydrogens (primary N) is 1. The summed E-state index contributed by atoms with van der Waals surface area (Å²) in [5.74, 6) is -1.68. The highest BCUT2D eigenvalue weighted by molar-refractivity contribution is 5.89. The number of rotatable bonds is 7. The Labute approximate surface area is 168 Å². The van der Waals surface area contributed by atoms with Crippen molar-refractivity contribution < 1.29 is 19.1 Å². The molecule has 0 saturated carbocycles. The van der Waals surface area contributed by atoms with Gasteiger partial charge in [-0.3, -0.25) is 14.3 Å². The maximum atomic E-state index is 12.2. The summed E-state index contributed by atoms with van der Waals surface area (Å²) < 4.78 is 6.79. The van der Waals surface area contributed by atoms with E-state index in [9.17, 15) is 14.4 Å². The number of benzene rings is 1. The Kier molecular flexibility index (Phi) is 6.78. The molecule has 1 aliphatic rings. The molecule has 0 unspecified atom stereocenters. The van der Waals surface area contributed by atoms with Gasteiger partial charge in [0.15, 0.2) is 6.61 Å². The summed E-state index contributed by atoms with van der Waals surface area (Å²) in [6.45, 7) is 1.09. The SMILES string of the molecule is NC(=O)[C@H]1CCCN(C(=O)COC(=O)/C=C/c2cnn(Cc3ccccc3)c2)C1. The van der Waals surface area contributed by atoms with Gasteiger partial charge in [0.1, 0.15) is 0 Å². The van der Waals surface area contributed by atoms with Crippen LogP contribution in [0, 0.1) is 5.92 Å². The summed E-state index contributed by atoms with van der Waals surface area (Å²) in [6.07, 6.45) is 7.71. The zero-order chi connectivity index (χ0) is 20.6. The fourth-order valence-corrected chi connectivity index (χ4v) is 3.20. The van der Waals surface area contributed by atoms with Gasteiger partial charge < -0.3 is 15.4 Å². The van der Waals surface area contributed by atoms with Crippen LogP contribution < -0.4 is 5.73 Å². The smallest absolute Gasteiger partial charge is 0.331 e. The molecule has 2 amide bonds. The minimum Gasteiger partial charge on any atom is -0.452 e. The molecule has 152 valence electrons. The number of hydrogen-bond acceptors (Lipinski definition) is 5. The fraction of sp³-hybridized carbons (Fsp3) is 0.333. The number of nitrogens with zero attached hydrogens (tertiary/aromatic N) is 3. The summed E-state index contributed by atoms with van der Waals surface area (Å²) in [6, 6.07) is 9.92. The molecule has 0 bridgehead atoms. The Hall–Kier alpha value is -3.42. The first-order valence-corrected chi connectivity index (χ1v) is 9.49. The minimum atomic E-state index is -0.613. The number of likely N-dealkylation sites (tertiary alicyclic amines) is 1. The number of piperidine rings is 1. The standard InChI is InChI=1S/C21H24N4O4/c22-21(28)18-7-4-10-24(14-18)19(26)15-29-20(27)9-8-17-11-23-25(13-17)12-16-5-2-1-3-6-16/h1-3,5-6,8-9,11,13,18H,4,7,10,12,14-15H2,(H2,22,28)/b9-8+/t18-/m0/s1. The van der Waals surface area contributed by atoms with Gasteiger partial charge in [0.2, 0.25) is 5.91 Å². The van der Waals surface area contributed by atoms with E-state index >= 15 is 0 Å². The van der Waals surface area contributed by atoms with Crippen LogP contribution in [0.4, 0.5) is 0 Å². The van der Waals surface area contributed by atoms with Gasteiger partial charge in [0.05, 0.1) is 18.7 Å². The van der Waals surface area contributed by atoms with E-state index in [0.717, 1.165) is 11.1 Å². The molecular formula is C21H24N4O4.